The van der Waals surface area contributed by atoms with Gasteiger partial charge < -0.3 is 4.90 Å². The lowest BCUT2D eigenvalue weighted by atomic mass is 10.1. The molecule has 0 spiro atoms. The molecule has 1 aromatic rings. The molecule has 0 unspecified atom stereocenters. The van der Waals surface area contributed by atoms with E-state index in [1.165, 1.54) is 0 Å². The molecule has 16 heavy (non-hydrogen) atoms. The molecule has 1 rings (SSSR count). The number of aldehydes is 1. The maximum atomic E-state index is 10.6. The van der Waals surface area contributed by atoms with Gasteiger partial charge in [0.1, 0.15) is 12.4 Å². The number of nitrogens with zero attached hydrogens (tertiary/aromatic N) is 2. The van der Waals surface area contributed by atoms with Crippen LogP contribution in [-0.2, 0) is 0 Å². The van der Waals surface area contributed by atoms with E-state index in [1.54, 1.807) is 12.1 Å². The van der Waals surface area contributed by atoms with E-state index >= 15 is 0 Å². The smallest absolute Gasteiger partial charge is 0.150 e. The van der Waals surface area contributed by atoms with Gasteiger partial charge in [0.05, 0.1) is 11.3 Å². The van der Waals surface area contributed by atoms with Gasteiger partial charge in [0.2, 0.25) is 0 Å². The Hall–Kier alpha value is -1.82. The van der Waals surface area contributed by atoms with Gasteiger partial charge in [0, 0.05) is 19.2 Å². The van der Waals surface area contributed by atoms with E-state index in [2.05, 4.69) is 19.9 Å². The lowest BCUT2D eigenvalue weighted by molar-refractivity contribution is 0.112. The summed E-state index contributed by atoms with van der Waals surface area (Å²) in [6, 6.07) is 7.31. The first-order valence-electron chi connectivity index (χ1n) is 5.29. The monoisotopic (exact) mass is 216 g/mol. The van der Waals surface area contributed by atoms with Crippen LogP contribution in [0, 0.1) is 17.2 Å². The number of carbonyl (C=O) groups excluding carboxylic acids is 1. The molecule has 0 saturated heterocycles. The molecule has 0 aliphatic rings. The van der Waals surface area contributed by atoms with Gasteiger partial charge >= 0.3 is 0 Å². The molecule has 1 aromatic carbocycles. The highest BCUT2D eigenvalue weighted by atomic mass is 16.1. The summed E-state index contributed by atoms with van der Waals surface area (Å²) in [6.07, 6.45) is 0.757. The first-order chi connectivity index (χ1) is 7.58. The second kappa shape index (κ2) is 5.32. The van der Waals surface area contributed by atoms with Crippen LogP contribution in [0.1, 0.15) is 29.8 Å². The molecule has 0 N–H and O–H groups in total. The average molecular weight is 216 g/mol. The summed E-state index contributed by atoms with van der Waals surface area (Å²) in [7, 11) is 1.96. The second-order valence-electron chi connectivity index (χ2n) is 4.28. The van der Waals surface area contributed by atoms with Crippen molar-refractivity contribution in [3.05, 3.63) is 29.3 Å². The Morgan fingerprint density at radius 1 is 1.50 bits per heavy atom. The van der Waals surface area contributed by atoms with Crippen LogP contribution in [-0.4, -0.2) is 19.9 Å². The standard InChI is InChI=1S/C13H16N2O/c1-10(2)8-15(3)13-5-4-11(9-16)6-12(13)7-14/h4-6,9-10H,8H2,1-3H3. The highest BCUT2D eigenvalue weighted by Gasteiger charge is 2.09. The van der Waals surface area contributed by atoms with E-state index < -0.39 is 0 Å². The zero-order valence-corrected chi connectivity index (χ0v) is 9.90. The van der Waals surface area contributed by atoms with Gasteiger partial charge in [-0.15, -0.1) is 0 Å². The van der Waals surface area contributed by atoms with Crippen LogP contribution < -0.4 is 4.90 Å². The minimum absolute atomic E-state index is 0.530. The molecule has 0 heterocycles. The number of hydrogen-bond acceptors (Lipinski definition) is 3. The van der Waals surface area contributed by atoms with E-state index in [0.29, 0.717) is 17.0 Å². The van der Waals surface area contributed by atoms with Gasteiger partial charge in [-0.3, -0.25) is 4.79 Å². The molecule has 0 amide bonds. The molecule has 0 fully saturated rings. The fourth-order valence-electron chi connectivity index (χ4n) is 1.70. The number of anilines is 1. The third-order valence-electron chi connectivity index (χ3n) is 2.33. The van der Waals surface area contributed by atoms with Crippen molar-refractivity contribution in [2.45, 2.75) is 13.8 Å². The molecular formula is C13H16N2O. The number of carbonyl (C=O) groups is 1. The summed E-state index contributed by atoms with van der Waals surface area (Å²) in [6.45, 7) is 5.14. The maximum Gasteiger partial charge on any atom is 0.150 e. The van der Waals surface area contributed by atoms with Crippen LogP contribution in [0.2, 0.25) is 0 Å². The summed E-state index contributed by atoms with van der Waals surface area (Å²) >= 11 is 0. The molecule has 0 aliphatic heterocycles. The Morgan fingerprint density at radius 2 is 2.19 bits per heavy atom. The van der Waals surface area contributed by atoms with Gasteiger partial charge in [-0.25, -0.2) is 0 Å². The van der Waals surface area contributed by atoms with Crippen LogP contribution in [0.25, 0.3) is 0 Å². The van der Waals surface area contributed by atoms with Crippen LogP contribution in [0.3, 0.4) is 0 Å². The Kier molecular flexibility index (Phi) is 4.07. The summed E-state index contributed by atoms with van der Waals surface area (Å²) in [5.41, 5.74) is 1.97. The van der Waals surface area contributed by atoms with Crippen molar-refractivity contribution < 1.29 is 4.79 Å². The largest absolute Gasteiger partial charge is 0.373 e. The van der Waals surface area contributed by atoms with Crippen LogP contribution >= 0.6 is 0 Å². The van der Waals surface area contributed by atoms with Crippen LogP contribution in [0.15, 0.2) is 18.2 Å². The lowest BCUT2D eigenvalue weighted by Gasteiger charge is -2.22. The SMILES string of the molecule is CC(C)CN(C)c1ccc(C=O)cc1C#N. The van der Waals surface area contributed by atoms with Gasteiger partial charge in [-0.1, -0.05) is 13.8 Å². The van der Waals surface area contributed by atoms with E-state index in [-0.39, 0.29) is 0 Å². The first-order valence-corrected chi connectivity index (χ1v) is 5.29. The van der Waals surface area contributed by atoms with Crippen molar-refractivity contribution >= 4 is 12.0 Å². The predicted molar refractivity (Wildman–Crippen MR) is 64.7 cm³/mol. The maximum absolute atomic E-state index is 10.6. The Bertz CT molecular complexity index is 418. The van der Waals surface area contributed by atoms with E-state index in [9.17, 15) is 4.79 Å². The molecule has 0 atom stereocenters. The van der Waals surface area contributed by atoms with E-state index in [4.69, 9.17) is 5.26 Å². The zero-order chi connectivity index (χ0) is 12.1. The topological polar surface area (TPSA) is 44.1 Å². The summed E-state index contributed by atoms with van der Waals surface area (Å²) < 4.78 is 0. The number of rotatable bonds is 4. The Morgan fingerprint density at radius 3 is 2.69 bits per heavy atom. The molecule has 0 aliphatic carbocycles. The molecule has 84 valence electrons. The third-order valence-corrected chi connectivity index (χ3v) is 2.33. The number of hydrogen-bond donors (Lipinski definition) is 0. The van der Waals surface area contributed by atoms with Crippen molar-refractivity contribution in [3.63, 3.8) is 0 Å². The zero-order valence-electron chi connectivity index (χ0n) is 9.90. The number of nitriles is 1. The molecule has 3 nitrogen and oxygen atoms in total. The summed E-state index contributed by atoms with van der Waals surface area (Å²) in [4.78, 5) is 12.7. The van der Waals surface area contributed by atoms with Gasteiger partial charge in [0.15, 0.2) is 0 Å². The van der Waals surface area contributed by atoms with Gasteiger partial charge in [-0.05, 0) is 24.1 Å². The summed E-state index contributed by atoms with van der Waals surface area (Å²) in [5, 5.41) is 9.03. The van der Waals surface area contributed by atoms with E-state index in [1.807, 2.05) is 18.0 Å². The highest BCUT2D eigenvalue weighted by Crippen LogP contribution is 2.20. The van der Waals surface area contributed by atoms with Crippen molar-refractivity contribution in [2.24, 2.45) is 5.92 Å². The number of benzene rings is 1. The second-order valence-corrected chi connectivity index (χ2v) is 4.28. The lowest BCUT2D eigenvalue weighted by Crippen LogP contribution is -2.23. The first kappa shape index (κ1) is 12.3. The minimum atomic E-state index is 0.530. The average Bonchev–Trinajstić information content (AvgIpc) is 2.27. The normalized spacial score (nSPS) is 9.94. The third kappa shape index (κ3) is 2.83. The van der Waals surface area contributed by atoms with Crippen LogP contribution in [0.4, 0.5) is 5.69 Å². The fraction of sp³-hybridized carbons (Fsp3) is 0.385. The fourth-order valence-corrected chi connectivity index (χ4v) is 1.70. The van der Waals surface area contributed by atoms with E-state index in [0.717, 1.165) is 18.5 Å². The molecule has 3 heteroatoms. The van der Waals surface area contributed by atoms with Crippen molar-refractivity contribution in [1.82, 2.24) is 0 Å². The Balaban J connectivity index is 3.04. The summed E-state index contributed by atoms with van der Waals surface area (Å²) in [5.74, 6) is 0.530. The quantitative estimate of drug-likeness (QED) is 0.726. The molecule has 0 radical (unpaired) electrons. The van der Waals surface area contributed by atoms with Crippen molar-refractivity contribution in [1.29, 1.82) is 5.26 Å². The van der Waals surface area contributed by atoms with Crippen LogP contribution in [0.5, 0.6) is 0 Å². The predicted octanol–water partition coefficient (Wildman–Crippen LogP) is 2.46. The van der Waals surface area contributed by atoms with Gasteiger partial charge in [0.25, 0.3) is 0 Å². The highest BCUT2D eigenvalue weighted by molar-refractivity contribution is 5.78. The molecule has 0 bridgehead atoms. The van der Waals surface area contributed by atoms with Crippen molar-refractivity contribution in [2.75, 3.05) is 18.5 Å². The van der Waals surface area contributed by atoms with Crippen molar-refractivity contribution in [3.8, 4) is 6.07 Å². The molecular weight excluding hydrogens is 200 g/mol. The minimum Gasteiger partial charge on any atom is -0.373 e. The molecule has 0 saturated carbocycles. The molecule has 0 aromatic heterocycles. The Labute approximate surface area is 96.3 Å². The van der Waals surface area contributed by atoms with Gasteiger partial charge in [-0.2, -0.15) is 5.26 Å².